The molecule has 1 aliphatic heterocycles. The van der Waals surface area contributed by atoms with Gasteiger partial charge in [-0.15, -0.1) is 0 Å². The van der Waals surface area contributed by atoms with E-state index < -0.39 is 10.0 Å². The molecule has 2 heterocycles. The number of hydrogen-bond acceptors (Lipinski definition) is 3. The Hall–Kier alpha value is -1.57. The predicted octanol–water partition coefficient (Wildman–Crippen LogP) is 1.57. The van der Waals surface area contributed by atoms with Crippen molar-refractivity contribution in [2.24, 2.45) is 11.1 Å². The fourth-order valence-electron chi connectivity index (χ4n) is 2.89. The fourth-order valence-corrected chi connectivity index (χ4v) is 4.12. The first-order valence-electron chi connectivity index (χ1n) is 6.91. The number of aromatic nitrogens is 1. The van der Waals surface area contributed by atoms with Gasteiger partial charge in [0.15, 0.2) is 0 Å². The Morgan fingerprint density at radius 3 is 2.82 bits per heavy atom. The van der Waals surface area contributed by atoms with Crippen LogP contribution in [0.2, 0.25) is 5.02 Å². The van der Waals surface area contributed by atoms with Crippen molar-refractivity contribution >= 4 is 38.4 Å². The molecule has 8 heteroatoms. The number of benzene rings is 1. The first-order chi connectivity index (χ1) is 10.3. The molecule has 0 bridgehead atoms. The van der Waals surface area contributed by atoms with Crippen molar-refractivity contribution in [2.75, 3.05) is 18.8 Å². The Morgan fingerprint density at radius 1 is 1.41 bits per heavy atom. The maximum absolute atomic E-state index is 12.6. The summed E-state index contributed by atoms with van der Waals surface area (Å²) in [6.07, 6.45) is 0.625. The van der Waals surface area contributed by atoms with Gasteiger partial charge in [-0.3, -0.25) is 4.79 Å². The number of amides is 1. The third-order valence-electron chi connectivity index (χ3n) is 3.90. The molecule has 3 rings (SSSR count). The standard InChI is InChI=1S/C14H16ClN3O3S/c15-12-10-3-1-2-4-11(10)17-13(12)14(19)18-6-5-9(7-18)8-22(16,20)21/h1-4,9,17H,5-8H2,(H2,16,20,21)/t9-/m0/s1. The van der Waals surface area contributed by atoms with Gasteiger partial charge in [0.25, 0.3) is 5.91 Å². The highest BCUT2D eigenvalue weighted by atomic mass is 35.5. The predicted molar refractivity (Wildman–Crippen MR) is 85.3 cm³/mol. The average molecular weight is 342 g/mol. The molecule has 1 saturated heterocycles. The molecule has 118 valence electrons. The van der Waals surface area contributed by atoms with Crippen molar-refractivity contribution in [1.82, 2.24) is 9.88 Å². The number of carbonyl (C=O) groups is 1. The number of carbonyl (C=O) groups excluding carboxylic acids is 1. The van der Waals surface area contributed by atoms with Crippen LogP contribution in [0.3, 0.4) is 0 Å². The second kappa shape index (κ2) is 5.57. The van der Waals surface area contributed by atoms with E-state index in [1.807, 2.05) is 24.3 Å². The minimum atomic E-state index is -3.52. The molecule has 0 radical (unpaired) electrons. The van der Waals surface area contributed by atoms with Gasteiger partial charge in [-0.1, -0.05) is 29.8 Å². The lowest BCUT2D eigenvalue weighted by atomic mass is 10.2. The zero-order valence-corrected chi connectivity index (χ0v) is 13.3. The van der Waals surface area contributed by atoms with Crippen molar-refractivity contribution in [1.29, 1.82) is 0 Å². The summed E-state index contributed by atoms with van der Waals surface area (Å²) >= 11 is 6.28. The highest BCUT2D eigenvalue weighted by Crippen LogP contribution is 2.29. The number of H-pyrrole nitrogens is 1. The molecule has 2 aromatic rings. The Bertz CT molecular complexity index is 831. The van der Waals surface area contributed by atoms with Crippen LogP contribution in [-0.2, 0) is 10.0 Å². The van der Waals surface area contributed by atoms with Gasteiger partial charge in [0.05, 0.1) is 10.8 Å². The van der Waals surface area contributed by atoms with Crippen LogP contribution < -0.4 is 5.14 Å². The number of hydrogen-bond donors (Lipinski definition) is 2. The van der Waals surface area contributed by atoms with E-state index in [2.05, 4.69) is 4.98 Å². The lowest BCUT2D eigenvalue weighted by Crippen LogP contribution is -2.31. The number of fused-ring (bicyclic) bond motifs is 1. The van der Waals surface area contributed by atoms with Gasteiger partial charge in [-0.25, -0.2) is 13.6 Å². The summed E-state index contributed by atoms with van der Waals surface area (Å²) in [5, 5.41) is 6.26. The molecular formula is C14H16ClN3O3S. The normalized spacial score (nSPS) is 19.0. The number of nitrogens with two attached hydrogens (primary N) is 1. The van der Waals surface area contributed by atoms with Crippen LogP contribution in [0.25, 0.3) is 10.9 Å². The molecule has 1 atom stereocenters. The number of likely N-dealkylation sites (tertiary alicyclic amines) is 1. The smallest absolute Gasteiger partial charge is 0.271 e. The Balaban J connectivity index is 1.81. The topological polar surface area (TPSA) is 96.3 Å². The van der Waals surface area contributed by atoms with Crippen molar-refractivity contribution in [3.63, 3.8) is 0 Å². The van der Waals surface area contributed by atoms with Gasteiger partial charge >= 0.3 is 0 Å². The highest BCUT2D eigenvalue weighted by Gasteiger charge is 2.31. The SMILES string of the molecule is NS(=O)(=O)C[C@H]1CCN(C(=O)c2[nH]c3ccccc3c2Cl)C1. The number of halogens is 1. The van der Waals surface area contributed by atoms with Crippen LogP contribution in [0.15, 0.2) is 24.3 Å². The first kappa shape index (κ1) is 15.3. The first-order valence-corrected chi connectivity index (χ1v) is 9.00. The molecule has 1 amide bonds. The van der Waals surface area contributed by atoms with Gasteiger partial charge in [-0.2, -0.15) is 0 Å². The van der Waals surface area contributed by atoms with Gasteiger partial charge < -0.3 is 9.88 Å². The number of sulfonamides is 1. The van der Waals surface area contributed by atoms with Gasteiger partial charge in [0.1, 0.15) is 5.69 Å². The van der Waals surface area contributed by atoms with Crippen LogP contribution in [0.5, 0.6) is 0 Å². The Morgan fingerprint density at radius 2 is 2.14 bits per heavy atom. The quantitative estimate of drug-likeness (QED) is 0.886. The third-order valence-corrected chi connectivity index (χ3v) is 5.23. The number of rotatable bonds is 3. The molecule has 0 saturated carbocycles. The Kier molecular flexibility index (Phi) is 3.88. The number of aromatic amines is 1. The summed E-state index contributed by atoms with van der Waals surface area (Å²) in [6, 6.07) is 7.42. The zero-order valence-electron chi connectivity index (χ0n) is 11.8. The molecule has 1 aromatic carbocycles. The number of nitrogens with one attached hydrogen (secondary N) is 1. The highest BCUT2D eigenvalue weighted by molar-refractivity contribution is 7.89. The number of para-hydroxylation sites is 1. The summed E-state index contributed by atoms with van der Waals surface area (Å²) in [5.41, 5.74) is 1.15. The van der Waals surface area contributed by atoms with E-state index in [0.29, 0.717) is 30.2 Å². The van der Waals surface area contributed by atoms with Crippen molar-refractivity contribution in [3.8, 4) is 0 Å². The molecular weight excluding hydrogens is 326 g/mol. The number of primary sulfonamides is 1. The maximum atomic E-state index is 12.6. The van der Waals surface area contributed by atoms with Crippen LogP contribution >= 0.6 is 11.6 Å². The lowest BCUT2D eigenvalue weighted by molar-refractivity contribution is 0.0783. The van der Waals surface area contributed by atoms with E-state index in [1.54, 1.807) is 4.90 Å². The van der Waals surface area contributed by atoms with Gasteiger partial charge in [-0.05, 0) is 18.4 Å². The molecule has 6 nitrogen and oxygen atoms in total. The van der Waals surface area contributed by atoms with E-state index >= 15 is 0 Å². The monoisotopic (exact) mass is 341 g/mol. The maximum Gasteiger partial charge on any atom is 0.271 e. The fraction of sp³-hybridized carbons (Fsp3) is 0.357. The molecule has 1 fully saturated rings. The second-order valence-corrected chi connectivity index (χ2v) is 7.63. The molecule has 1 aromatic heterocycles. The lowest BCUT2D eigenvalue weighted by Gasteiger charge is -2.15. The second-order valence-electron chi connectivity index (χ2n) is 5.59. The molecule has 3 N–H and O–H groups in total. The summed E-state index contributed by atoms with van der Waals surface area (Å²) in [7, 11) is -3.52. The molecule has 0 aliphatic carbocycles. The van der Waals surface area contributed by atoms with Crippen LogP contribution in [-0.4, -0.2) is 43.1 Å². The summed E-state index contributed by atoms with van der Waals surface area (Å²) in [4.78, 5) is 17.2. The van der Waals surface area contributed by atoms with Crippen molar-refractivity contribution in [2.45, 2.75) is 6.42 Å². The van der Waals surface area contributed by atoms with Crippen LogP contribution in [0, 0.1) is 5.92 Å². The van der Waals surface area contributed by atoms with Crippen molar-refractivity contribution < 1.29 is 13.2 Å². The number of nitrogens with zero attached hydrogens (tertiary/aromatic N) is 1. The van der Waals surface area contributed by atoms with E-state index in [1.165, 1.54) is 0 Å². The largest absolute Gasteiger partial charge is 0.349 e. The van der Waals surface area contributed by atoms with E-state index in [-0.39, 0.29) is 17.6 Å². The van der Waals surface area contributed by atoms with Crippen LogP contribution in [0.4, 0.5) is 0 Å². The van der Waals surface area contributed by atoms with Crippen molar-refractivity contribution in [3.05, 3.63) is 35.0 Å². The zero-order chi connectivity index (χ0) is 15.9. The van der Waals surface area contributed by atoms with E-state index in [4.69, 9.17) is 16.7 Å². The van der Waals surface area contributed by atoms with E-state index in [0.717, 1.165) is 10.9 Å². The van der Waals surface area contributed by atoms with Gasteiger partial charge in [0, 0.05) is 24.0 Å². The molecule has 1 aliphatic rings. The average Bonchev–Trinajstić information content (AvgIpc) is 3.02. The minimum absolute atomic E-state index is 0.1000. The van der Waals surface area contributed by atoms with E-state index in [9.17, 15) is 13.2 Å². The minimum Gasteiger partial charge on any atom is -0.349 e. The summed E-state index contributed by atoms with van der Waals surface area (Å²) in [6.45, 7) is 0.881. The van der Waals surface area contributed by atoms with Crippen LogP contribution in [0.1, 0.15) is 16.9 Å². The molecule has 0 spiro atoms. The summed E-state index contributed by atoms with van der Waals surface area (Å²) in [5.74, 6) is -0.433. The summed E-state index contributed by atoms with van der Waals surface area (Å²) < 4.78 is 22.3. The molecule has 0 unspecified atom stereocenters. The van der Waals surface area contributed by atoms with Gasteiger partial charge in [0.2, 0.25) is 10.0 Å². The Labute approximate surface area is 133 Å². The molecule has 22 heavy (non-hydrogen) atoms. The third kappa shape index (κ3) is 2.97.